The molecule has 4 heteroatoms. The van der Waals surface area contributed by atoms with E-state index in [9.17, 15) is 9.59 Å². The molecule has 0 aromatic carbocycles. The zero-order valence-corrected chi connectivity index (χ0v) is 11.3. The largest absolute Gasteiger partial charge is 0.444 e. The van der Waals surface area contributed by atoms with Crippen LogP contribution in [0, 0.1) is 5.41 Å². The van der Waals surface area contributed by atoms with E-state index < -0.39 is 23.2 Å². The van der Waals surface area contributed by atoms with Gasteiger partial charge in [-0.15, -0.1) is 0 Å². The van der Waals surface area contributed by atoms with Crippen LogP contribution in [0.25, 0.3) is 0 Å². The van der Waals surface area contributed by atoms with Crippen molar-refractivity contribution in [2.45, 2.75) is 60.1 Å². The highest BCUT2D eigenvalue weighted by atomic mass is 16.6. The van der Waals surface area contributed by atoms with Crippen LogP contribution in [0.3, 0.4) is 0 Å². The molecule has 0 saturated carbocycles. The molecule has 0 spiro atoms. The first-order valence-electron chi connectivity index (χ1n) is 5.47. The predicted molar refractivity (Wildman–Crippen MR) is 63.3 cm³/mol. The van der Waals surface area contributed by atoms with Crippen molar-refractivity contribution in [2.24, 2.45) is 5.41 Å². The van der Waals surface area contributed by atoms with Crippen molar-refractivity contribution in [3.05, 3.63) is 0 Å². The Balaban J connectivity index is 4.32. The Kier molecular flexibility index (Phi) is 4.53. The lowest BCUT2D eigenvalue weighted by molar-refractivity contribution is -0.128. The van der Waals surface area contributed by atoms with E-state index in [-0.39, 0.29) is 5.78 Å². The van der Waals surface area contributed by atoms with Crippen molar-refractivity contribution in [3.63, 3.8) is 0 Å². The highest BCUT2D eigenvalue weighted by Gasteiger charge is 2.28. The molecule has 0 aliphatic heterocycles. The second kappa shape index (κ2) is 4.85. The summed E-state index contributed by atoms with van der Waals surface area (Å²) in [5.41, 5.74) is -1.01. The van der Waals surface area contributed by atoms with E-state index in [4.69, 9.17) is 4.74 Å². The number of nitrogens with one attached hydrogen (secondary N) is 1. The van der Waals surface area contributed by atoms with Gasteiger partial charge in [0, 0.05) is 5.41 Å². The fraction of sp³-hybridized carbons (Fsp3) is 0.833. The number of amides is 1. The summed E-state index contributed by atoms with van der Waals surface area (Å²) in [4.78, 5) is 23.2. The molecule has 16 heavy (non-hydrogen) atoms. The fourth-order valence-corrected chi connectivity index (χ4v) is 1.20. The van der Waals surface area contributed by atoms with Gasteiger partial charge in [-0.3, -0.25) is 4.79 Å². The third-order valence-electron chi connectivity index (χ3n) is 1.87. The van der Waals surface area contributed by atoms with Crippen molar-refractivity contribution in [1.82, 2.24) is 5.32 Å². The topological polar surface area (TPSA) is 55.4 Å². The number of hydrogen-bond donors (Lipinski definition) is 1. The molecule has 0 aromatic rings. The summed E-state index contributed by atoms with van der Waals surface area (Å²) < 4.78 is 5.07. The molecule has 0 rings (SSSR count). The number of ether oxygens (including phenoxy) is 1. The first-order chi connectivity index (χ1) is 6.93. The van der Waals surface area contributed by atoms with E-state index >= 15 is 0 Å². The smallest absolute Gasteiger partial charge is 0.408 e. The average Bonchev–Trinajstić information content (AvgIpc) is 1.96. The molecule has 0 aliphatic carbocycles. The Bertz CT molecular complexity index is 271. The second-order valence-corrected chi connectivity index (χ2v) is 5.98. The number of carbonyl (C=O) groups excluding carboxylic acids is 2. The first kappa shape index (κ1) is 14.9. The van der Waals surface area contributed by atoms with Gasteiger partial charge in [-0.05, 0) is 27.7 Å². The first-order valence-corrected chi connectivity index (χ1v) is 5.47. The lowest BCUT2D eigenvalue weighted by atomic mass is 9.87. The molecule has 0 heterocycles. The molecule has 0 radical (unpaired) electrons. The van der Waals surface area contributed by atoms with Gasteiger partial charge in [-0.2, -0.15) is 0 Å². The minimum Gasteiger partial charge on any atom is -0.444 e. The molecule has 4 nitrogen and oxygen atoms in total. The van der Waals surface area contributed by atoms with E-state index in [1.54, 1.807) is 27.7 Å². The number of Topliss-reactive ketones (excluding diaryl/α,β-unsaturated/α-hetero) is 1. The summed E-state index contributed by atoms with van der Waals surface area (Å²) in [5.74, 6) is -0.0154. The minimum absolute atomic E-state index is 0.0154. The van der Waals surface area contributed by atoms with Crippen LogP contribution in [0.4, 0.5) is 4.79 Å². The molecular formula is C12H23NO3. The van der Waals surface area contributed by atoms with Gasteiger partial charge in [0.1, 0.15) is 5.60 Å². The molecule has 1 unspecified atom stereocenters. The normalized spacial score (nSPS) is 14.2. The van der Waals surface area contributed by atoms with Gasteiger partial charge < -0.3 is 10.1 Å². The lowest BCUT2D eigenvalue weighted by Gasteiger charge is -2.25. The number of ketones is 1. The van der Waals surface area contributed by atoms with Crippen LogP contribution in [-0.2, 0) is 9.53 Å². The van der Waals surface area contributed by atoms with Gasteiger partial charge >= 0.3 is 6.09 Å². The van der Waals surface area contributed by atoms with E-state index in [1.807, 2.05) is 20.8 Å². The van der Waals surface area contributed by atoms with Crippen LogP contribution in [-0.4, -0.2) is 23.5 Å². The highest BCUT2D eigenvalue weighted by molar-refractivity contribution is 5.90. The summed E-state index contributed by atoms with van der Waals surface area (Å²) in [6.45, 7) is 12.5. The standard InChI is InChI=1S/C12H23NO3/c1-8(9(14)11(2,3)4)13-10(15)16-12(5,6)7/h8H,1-7H3,(H,13,15). The van der Waals surface area contributed by atoms with Crippen molar-refractivity contribution in [3.8, 4) is 0 Å². The molecule has 1 amide bonds. The summed E-state index contributed by atoms with van der Waals surface area (Å²) in [7, 11) is 0. The van der Waals surface area contributed by atoms with E-state index in [1.165, 1.54) is 0 Å². The quantitative estimate of drug-likeness (QED) is 0.791. The Morgan fingerprint density at radius 2 is 1.50 bits per heavy atom. The fourth-order valence-electron chi connectivity index (χ4n) is 1.20. The molecular weight excluding hydrogens is 206 g/mol. The van der Waals surface area contributed by atoms with Gasteiger partial charge in [0.15, 0.2) is 5.78 Å². The lowest BCUT2D eigenvalue weighted by Crippen LogP contribution is -2.45. The zero-order valence-electron chi connectivity index (χ0n) is 11.3. The Morgan fingerprint density at radius 1 is 1.06 bits per heavy atom. The molecule has 0 bridgehead atoms. The van der Waals surface area contributed by atoms with Crippen LogP contribution in [0.2, 0.25) is 0 Å². The van der Waals surface area contributed by atoms with Gasteiger partial charge in [0.05, 0.1) is 6.04 Å². The monoisotopic (exact) mass is 229 g/mol. The molecule has 0 aliphatic rings. The molecule has 0 fully saturated rings. The second-order valence-electron chi connectivity index (χ2n) is 5.98. The van der Waals surface area contributed by atoms with Gasteiger partial charge in [-0.1, -0.05) is 20.8 Å². The van der Waals surface area contributed by atoms with Crippen LogP contribution >= 0.6 is 0 Å². The van der Waals surface area contributed by atoms with Crippen LogP contribution in [0.15, 0.2) is 0 Å². The van der Waals surface area contributed by atoms with Crippen LogP contribution in [0.5, 0.6) is 0 Å². The van der Waals surface area contributed by atoms with Gasteiger partial charge in [0.2, 0.25) is 0 Å². The summed E-state index contributed by atoms with van der Waals surface area (Å²) in [6.07, 6.45) is -0.558. The Morgan fingerprint density at radius 3 is 1.81 bits per heavy atom. The van der Waals surface area contributed by atoms with E-state index in [0.717, 1.165) is 0 Å². The number of rotatable bonds is 2. The molecule has 1 atom stereocenters. The van der Waals surface area contributed by atoms with Crippen molar-refractivity contribution < 1.29 is 14.3 Å². The molecule has 0 aromatic heterocycles. The summed E-state index contributed by atoms with van der Waals surface area (Å²) in [5, 5.41) is 2.53. The van der Waals surface area contributed by atoms with Gasteiger partial charge in [-0.25, -0.2) is 4.79 Å². The third-order valence-corrected chi connectivity index (χ3v) is 1.87. The predicted octanol–water partition coefficient (Wildman–Crippen LogP) is 2.51. The zero-order chi connectivity index (χ0) is 13.1. The van der Waals surface area contributed by atoms with Crippen molar-refractivity contribution in [1.29, 1.82) is 0 Å². The summed E-state index contributed by atoms with van der Waals surface area (Å²) >= 11 is 0. The molecule has 94 valence electrons. The SMILES string of the molecule is CC(NC(=O)OC(C)(C)C)C(=O)C(C)(C)C. The van der Waals surface area contributed by atoms with Crippen LogP contribution in [0.1, 0.15) is 48.5 Å². The number of alkyl carbamates (subject to hydrolysis) is 1. The number of carbonyl (C=O) groups is 2. The molecule has 0 saturated heterocycles. The van der Waals surface area contributed by atoms with E-state index in [0.29, 0.717) is 0 Å². The minimum atomic E-state index is -0.558. The van der Waals surface area contributed by atoms with Crippen LogP contribution < -0.4 is 5.32 Å². The Hall–Kier alpha value is -1.06. The number of hydrogen-bond acceptors (Lipinski definition) is 3. The maximum Gasteiger partial charge on any atom is 0.408 e. The molecule has 1 N–H and O–H groups in total. The summed E-state index contributed by atoms with van der Waals surface area (Å²) in [6, 6.07) is -0.533. The van der Waals surface area contributed by atoms with Crippen molar-refractivity contribution >= 4 is 11.9 Å². The van der Waals surface area contributed by atoms with Gasteiger partial charge in [0.25, 0.3) is 0 Å². The maximum absolute atomic E-state index is 11.8. The average molecular weight is 229 g/mol. The maximum atomic E-state index is 11.8. The highest BCUT2D eigenvalue weighted by Crippen LogP contribution is 2.17. The van der Waals surface area contributed by atoms with E-state index in [2.05, 4.69) is 5.32 Å². The Labute approximate surface area is 97.7 Å². The third kappa shape index (κ3) is 5.73. The van der Waals surface area contributed by atoms with Crippen molar-refractivity contribution in [2.75, 3.05) is 0 Å².